The summed E-state index contributed by atoms with van der Waals surface area (Å²) in [6.45, 7) is -0.679. The molecule has 4 rings (SSSR count). The zero-order valence-electron chi connectivity index (χ0n) is 16.4. The van der Waals surface area contributed by atoms with Crippen molar-refractivity contribution < 1.29 is 37.4 Å². The molecule has 0 bridgehead atoms. The molecule has 1 aliphatic rings. The van der Waals surface area contributed by atoms with Gasteiger partial charge in [-0.25, -0.2) is 17.9 Å². The van der Waals surface area contributed by atoms with E-state index in [0.717, 1.165) is 10.9 Å². The average Bonchev–Trinajstić information content (AvgIpc) is 3.27. The van der Waals surface area contributed by atoms with Crippen LogP contribution in [0.4, 0.5) is 13.2 Å². The Hall–Kier alpha value is -2.42. The number of rotatable bonds is 5. The summed E-state index contributed by atoms with van der Waals surface area (Å²) in [5, 5.41) is 38.9. The molecule has 3 N–H and O–H groups in total. The molecular weight excluding hydrogens is 489 g/mol. The molecule has 1 fully saturated rings. The molecule has 0 amide bonds. The highest BCUT2D eigenvalue weighted by molar-refractivity contribution is 7.85. The molecule has 9 nitrogen and oxygen atoms in total. The minimum Gasteiger partial charge on any atom is -0.394 e. The normalized spacial score (nSPS) is 26.3. The second-order valence-corrected chi connectivity index (χ2v) is 9.14. The van der Waals surface area contributed by atoms with Crippen LogP contribution >= 0.6 is 11.6 Å². The monoisotopic (exact) mass is 504 g/mol. The summed E-state index contributed by atoms with van der Waals surface area (Å²) in [5.74, 6) is -4.51. The molecule has 3 heterocycles. The Morgan fingerprint density at radius 3 is 2.45 bits per heavy atom. The van der Waals surface area contributed by atoms with Gasteiger partial charge in [0.05, 0.1) is 33.5 Å². The molecule has 0 aliphatic carbocycles. The van der Waals surface area contributed by atoms with Crippen LogP contribution in [0.15, 0.2) is 41.7 Å². The molecule has 3 unspecified atom stereocenters. The van der Waals surface area contributed by atoms with Gasteiger partial charge in [0.25, 0.3) is 0 Å². The molecule has 6 atom stereocenters. The lowest BCUT2D eigenvalue weighted by atomic mass is 9.97. The number of pyridine rings is 1. The first-order valence-electron chi connectivity index (χ1n) is 9.41. The van der Waals surface area contributed by atoms with E-state index in [1.807, 2.05) is 0 Å². The Bertz CT molecular complexity index is 1180. The molecule has 3 aromatic rings. The second-order valence-electron chi connectivity index (χ2n) is 7.17. The van der Waals surface area contributed by atoms with E-state index < -0.39 is 64.6 Å². The highest BCUT2D eigenvalue weighted by atomic mass is 35.5. The molecule has 1 saturated heterocycles. The summed E-state index contributed by atoms with van der Waals surface area (Å²) in [4.78, 5) is 3.97. The van der Waals surface area contributed by atoms with E-state index in [1.54, 1.807) is 0 Å². The first kappa shape index (κ1) is 23.7. The number of halogens is 4. The van der Waals surface area contributed by atoms with Gasteiger partial charge in [0.2, 0.25) is 0 Å². The second kappa shape index (κ2) is 9.44. The summed E-state index contributed by atoms with van der Waals surface area (Å²) < 4.78 is 60.0. The van der Waals surface area contributed by atoms with Crippen molar-refractivity contribution in [1.29, 1.82) is 0 Å². The van der Waals surface area contributed by atoms with Crippen LogP contribution in [0.3, 0.4) is 0 Å². The van der Waals surface area contributed by atoms with Crippen molar-refractivity contribution in [1.82, 2.24) is 20.0 Å². The van der Waals surface area contributed by atoms with Gasteiger partial charge < -0.3 is 20.1 Å². The smallest absolute Gasteiger partial charge is 0.194 e. The maximum atomic E-state index is 13.6. The number of hydrogen-bond donors (Lipinski definition) is 3. The number of aliphatic hydroxyl groups is 3. The molecule has 0 spiro atoms. The molecule has 33 heavy (non-hydrogen) atoms. The number of nitrogens with zero attached hydrogens (tertiary/aromatic N) is 4. The summed E-state index contributed by atoms with van der Waals surface area (Å²) in [6.07, 6.45) is -0.665. The Kier molecular flexibility index (Phi) is 6.79. The van der Waals surface area contributed by atoms with E-state index >= 15 is 0 Å². The van der Waals surface area contributed by atoms with Crippen molar-refractivity contribution >= 4 is 22.4 Å². The minimum absolute atomic E-state index is 0.0871. The van der Waals surface area contributed by atoms with Crippen molar-refractivity contribution in [3.05, 3.63) is 59.3 Å². The van der Waals surface area contributed by atoms with E-state index in [-0.39, 0.29) is 21.2 Å². The van der Waals surface area contributed by atoms with Crippen LogP contribution in [0.5, 0.6) is 0 Å². The summed E-state index contributed by atoms with van der Waals surface area (Å²) >= 11 is 5.88. The lowest BCUT2D eigenvalue weighted by Crippen LogP contribution is -2.57. The predicted octanol–water partition coefficient (Wildman–Crippen LogP) is 1.20. The Morgan fingerprint density at radius 1 is 1.12 bits per heavy atom. The lowest BCUT2D eigenvalue weighted by molar-refractivity contribution is -0.179. The summed E-state index contributed by atoms with van der Waals surface area (Å²) in [6, 6.07) is 1.47. The molecule has 176 valence electrons. The van der Waals surface area contributed by atoms with Gasteiger partial charge in [-0.05, 0) is 18.2 Å². The topological polar surface area (TPSA) is 131 Å². The van der Waals surface area contributed by atoms with Crippen LogP contribution in [0, 0.1) is 17.5 Å². The van der Waals surface area contributed by atoms with E-state index in [2.05, 4.69) is 15.3 Å². The van der Waals surface area contributed by atoms with Crippen LogP contribution in [0.2, 0.25) is 5.02 Å². The lowest BCUT2D eigenvalue weighted by Gasteiger charge is -2.41. The van der Waals surface area contributed by atoms with Crippen molar-refractivity contribution in [2.75, 3.05) is 6.61 Å². The fraction of sp³-hybridized carbons (Fsp3) is 0.316. The Labute approximate surface area is 191 Å². The number of hydrogen-bond acceptors (Lipinski definition) is 8. The standard InChI is InChI=1S/C19H16ClF3N4O5S/c20-9-3-10(5-24-4-9)33(31)19-18(30)16(17(29)14(7-28)32-19)27-6-13(25-26-27)8-1-11(21)15(23)12(22)2-8/h1-6,14,16-19,28-30H,7H2/t14?,16-,17-,18?,19-,33?/m0/s1. The van der Waals surface area contributed by atoms with Crippen molar-refractivity contribution in [2.45, 2.75) is 34.7 Å². The fourth-order valence-corrected chi connectivity index (χ4v) is 5.02. The van der Waals surface area contributed by atoms with Crippen LogP contribution in [0.25, 0.3) is 11.3 Å². The molecule has 1 aromatic carbocycles. The van der Waals surface area contributed by atoms with E-state index in [9.17, 15) is 32.7 Å². The Morgan fingerprint density at radius 2 is 1.82 bits per heavy atom. The molecule has 0 saturated carbocycles. The molecule has 1 aliphatic heterocycles. The van der Waals surface area contributed by atoms with Gasteiger partial charge in [-0.2, -0.15) is 0 Å². The third-order valence-electron chi connectivity index (χ3n) is 5.07. The molecule has 2 aromatic heterocycles. The van der Waals surface area contributed by atoms with Crippen LogP contribution in [-0.4, -0.2) is 69.9 Å². The highest BCUT2D eigenvalue weighted by Gasteiger charge is 2.48. The summed E-state index contributed by atoms with van der Waals surface area (Å²) in [7, 11) is -2.02. The molecule has 14 heteroatoms. The maximum Gasteiger partial charge on any atom is 0.194 e. The van der Waals surface area contributed by atoms with Gasteiger partial charge in [0, 0.05) is 18.0 Å². The van der Waals surface area contributed by atoms with Crippen LogP contribution in [0.1, 0.15) is 6.04 Å². The summed E-state index contributed by atoms with van der Waals surface area (Å²) in [5.41, 5.74) is -1.65. The van der Waals surface area contributed by atoms with Gasteiger partial charge in [-0.3, -0.25) is 9.19 Å². The van der Waals surface area contributed by atoms with Crippen molar-refractivity contribution in [3.8, 4) is 11.3 Å². The van der Waals surface area contributed by atoms with Crippen LogP contribution < -0.4 is 0 Å². The third kappa shape index (κ3) is 4.52. The molecule has 0 radical (unpaired) electrons. The number of ether oxygens (including phenoxy) is 1. The van der Waals surface area contributed by atoms with E-state index in [4.69, 9.17) is 16.3 Å². The van der Waals surface area contributed by atoms with E-state index in [0.29, 0.717) is 12.1 Å². The van der Waals surface area contributed by atoms with Gasteiger partial charge in [0.1, 0.15) is 30.0 Å². The molecular formula is C19H16ClF3N4O5S. The number of benzene rings is 1. The number of aromatic nitrogens is 4. The predicted molar refractivity (Wildman–Crippen MR) is 108 cm³/mol. The SMILES string of the molecule is O=S(c1cncc(Cl)c1)[C@@H]1OC(CO)[C@H](O)[C@H](n2cc(-c3cc(F)c(F)c(F)c3)nn2)C1O. The van der Waals surface area contributed by atoms with Gasteiger partial charge >= 0.3 is 0 Å². The highest BCUT2D eigenvalue weighted by Crippen LogP contribution is 2.34. The van der Waals surface area contributed by atoms with Crippen molar-refractivity contribution in [3.63, 3.8) is 0 Å². The minimum atomic E-state index is -2.02. The zero-order valence-corrected chi connectivity index (χ0v) is 18.0. The first-order valence-corrected chi connectivity index (χ1v) is 11.0. The third-order valence-corrected chi connectivity index (χ3v) is 6.77. The zero-order chi connectivity index (χ0) is 23.9. The van der Waals surface area contributed by atoms with E-state index in [1.165, 1.54) is 18.5 Å². The fourth-order valence-electron chi connectivity index (χ4n) is 3.45. The maximum absolute atomic E-state index is 13.6. The Balaban J connectivity index is 1.68. The number of aliphatic hydroxyl groups excluding tert-OH is 3. The average molecular weight is 505 g/mol. The quantitative estimate of drug-likeness (QED) is 0.442. The van der Waals surface area contributed by atoms with Gasteiger partial charge in [-0.15, -0.1) is 5.10 Å². The van der Waals surface area contributed by atoms with Crippen LogP contribution in [-0.2, 0) is 15.5 Å². The first-order chi connectivity index (χ1) is 15.7. The van der Waals surface area contributed by atoms with Crippen molar-refractivity contribution in [2.24, 2.45) is 0 Å². The van der Waals surface area contributed by atoms with Gasteiger partial charge in [0.15, 0.2) is 22.9 Å². The van der Waals surface area contributed by atoms with Gasteiger partial charge in [-0.1, -0.05) is 16.8 Å². The largest absolute Gasteiger partial charge is 0.394 e.